The molecule has 0 radical (unpaired) electrons. The van der Waals surface area contributed by atoms with Crippen LogP contribution in [0.4, 0.5) is 5.82 Å². The number of amides is 1. The maximum Gasteiger partial charge on any atom is 0.255 e. The molecular formula is C16H20BrN3O. The summed E-state index contributed by atoms with van der Waals surface area (Å²) in [6.45, 7) is 2.77. The molecule has 5 heteroatoms. The molecule has 21 heavy (non-hydrogen) atoms. The predicted octanol–water partition coefficient (Wildman–Crippen LogP) is 3.05. The first kappa shape index (κ1) is 13.6. The molecule has 4 unspecified atom stereocenters. The summed E-state index contributed by atoms with van der Waals surface area (Å²) in [5.41, 5.74) is 0.642. The van der Waals surface area contributed by atoms with E-state index < -0.39 is 0 Å². The molecule has 0 spiro atoms. The summed E-state index contributed by atoms with van der Waals surface area (Å²) in [4.78, 5) is 16.9. The number of hydrogen-bond donors (Lipinski definition) is 2. The fraction of sp³-hybridized carbons (Fsp3) is 0.625. The van der Waals surface area contributed by atoms with Crippen LogP contribution >= 0.6 is 15.9 Å². The number of pyridine rings is 1. The van der Waals surface area contributed by atoms with Crippen molar-refractivity contribution in [3.8, 4) is 0 Å². The quantitative estimate of drug-likeness (QED) is 0.878. The summed E-state index contributed by atoms with van der Waals surface area (Å²) in [6, 6.07) is 2.27. The van der Waals surface area contributed by atoms with Crippen LogP contribution in [0.25, 0.3) is 0 Å². The Labute approximate surface area is 133 Å². The van der Waals surface area contributed by atoms with E-state index in [2.05, 4.69) is 31.5 Å². The second-order valence-corrected chi connectivity index (χ2v) is 7.48. The summed E-state index contributed by atoms with van der Waals surface area (Å²) >= 11 is 3.40. The molecular weight excluding hydrogens is 330 g/mol. The number of rotatable bonds is 4. The van der Waals surface area contributed by atoms with Crippen LogP contribution in [0.3, 0.4) is 0 Å². The Balaban J connectivity index is 1.50. The van der Waals surface area contributed by atoms with Crippen LogP contribution in [0.2, 0.25) is 0 Å². The molecule has 1 aromatic heterocycles. The molecule has 112 valence electrons. The fourth-order valence-electron chi connectivity index (χ4n) is 4.67. The molecule has 0 aliphatic heterocycles. The Bertz CT molecular complexity index is 575. The number of carbonyl (C=O) groups excluding carboxylic acids is 1. The number of nitrogens with one attached hydrogen (secondary N) is 2. The van der Waals surface area contributed by atoms with E-state index in [9.17, 15) is 4.79 Å². The Hall–Kier alpha value is -1.10. The number of fused-ring (bicyclic) bond motifs is 5. The third kappa shape index (κ3) is 2.17. The van der Waals surface area contributed by atoms with Gasteiger partial charge < -0.3 is 10.6 Å². The van der Waals surface area contributed by atoms with E-state index in [1.807, 2.05) is 13.0 Å². The second kappa shape index (κ2) is 4.97. The predicted molar refractivity (Wildman–Crippen MR) is 85.2 cm³/mol. The lowest BCUT2D eigenvalue weighted by atomic mass is 10.0. The van der Waals surface area contributed by atoms with E-state index in [0.29, 0.717) is 17.4 Å². The maximum absolute atomic E-state index is 12.6. The molecule has 2 bridgehead atoms. The topological polar surface area (TPSA) is 54.0 Å². The van der Waals surface area contributed by atoms with E-state index >= 15 is 0 Å². The Morgan fingerprint density at radius 1 is 1.38 bits per heavy atom. The number of anilines is 1. The highest BCUT2D eigenvalue weighted by Gasteiger charge is 2.65. The van der Waals surface area contributed by atoms with Gasteiger partial charge in [0, 0.05) is 23.3 Å². The van der Waals surface area contributed by atoms with Crippen molar-refractivity contribution < 1.29 is 4.79 Å². The SMILES string of the molecule is CCNc1ncc(Br)cc1C(=O)NC1C2C3CCC(C3)C12. The number of carbonyl (C=O) groups is 1. The van der Waals surface area contributed by atoms with E-state index in [1.165, 1.54) is 19.3 Å². The summed E-state index contributed by atoms with van der Waals surface area (Å²) in [6.07, 6.45) is 5.88. The zero-order chi connectivity index (χ0) is 14.6. The van der Waals surface area contributed by atoms with Crippen LogP contribution in [0, 0.1) is 23.7 Å². The van der Waals surface area contributed by atoms with Gasteiger partial charge in [-0.05, 0) is 71.9 Å². The van der Waals surface area contributed by atoms with Gasteiger partial charge in [-0.25, -0.2) is 4.98 Å². The second-order valence-electron chi connectivity index (χ2n) is 6.57. The van der Waals surface area contributed by atoms with E-state index in [4.69, 9.17) is 0 Å². The molecule has 3 aliphatic rings. The van der Waals surface area contributed by atoms with E-state index in [1.54, 1.807) is 6.20 Å². The molecule has 4 rings (SSSR count). The van der Waals surface area contributed by atoms with Crippen molar-refractivity contribution in [2.75, 3.05) is 11.9 Å². The molecule has 2 N–H and O–H groups in total. The molecule has 3 fully saturated rings. The monoisotopic (exact) mass is 349 g/mol. The average molecular weight is 350 g/mol. The Morgan fingerprint density at radius 2 is 2.10 bits per heavy atom. The first-order chi connectivity index (χ1) is 10.2. The van der Waals surface area contributed by atoms with Crippen molar-refractivity contribution in [3.05, 3.63) is 22.3 Å². The van der Waals surface area contributed by atoms with Crippen molar-refractivity contribution in [1.29, 1.82) is 0 Å². The highest BCUT2D eigenvalue weighted by molar-refractivity contribution is 9.10. The molecule has 1 aromatic rings. The van der Waals surface area contributed by atoms with Crippen molar-refractivity contribution >= 4 is 27.7 Å². The Kier molecular flexibility index (Phi) is 3.21. The number of aromatic nitrogens is 1. The van der Waals surface area contributed by atoms with Gasteiger partial charge in [-0.2, -0.15) is 0 Å². The molecule has 4 atom stereocenters. The molecule has 0 saturated heterocycles. The third-order valence-electron chi connectivity index (χ3n) is 5.48. The van der Waals surface area contributed by atoms with Gasteiger partial charge in [0.25, 0.3) is 5.91 Å². The maximum atomic E-state index is 12.6. The van der Waals surface area contributed by atoms with Crippen LogP contribution in [-0.4, -0.2) is 23.5 Å². The van der Waals surface area contributed by atoms with Crippen LogP contribution in [0.1, 0.15) is 36.5 Å². The first-order valence-electron chi connectivity index (χ1n) is 7.89. The Morgan fingerprint density at radius 3 is 2.76 bits per heavy atom. The minimum Gasteiger partial charge on any atom is -0.370 e. The first-order valence-corrected chi connectivity index (χ1v) is 8.68. The minimum atomic E-state index is 0.0125. The normalized spacial score (nSPS) is 35.4. The van der Waals surface area contributed by atoms with Gasteiger partial charge in [0.15, 0.2) is 0 Å². The number of halogens is 1. The van der Waals surface area contributed by atoms with Gasteiger partial charge in [0.2, 0.25) is 0 Å². The largest absolute Gasteiger partial charge is 0.370 e. The highest BCUT2D eigenvalue weighted by atomic mass is 79.9. The van der Waals surface area contributed by atoms with Crippen LogP contribution in [0.15, 0.2) is 16.7 Å². The zero-order valence-corrected chi connectivity index (χ0v) is 13.7. The number of hydrogen-bond acceptors (Lipinski definition) is 3. The smallest absolute Gasteiger partial charge is 0.255 e. The molecule has 4 nitrogen and oxygen atoms in total. The summed E-state index contributed by atoms with van der Waals surface area (Å²) < 4.78 is 0.838. The molecule has 0 aromatic carbocycles. The van der Waals surface area contributed by atoms with Crippen LogP contribution < -0.4 is 10.6 Å². The number of nitrogens with zero attached hydrogens (tertiary/aromatic N) is 1. The molecule has 1 heterocycles. The molecule has 3 aliphatic carbocycles. The van der Waals surface area contributed by atoms with Crippen LogP contribution in [0.5, 0.6) is 0 Å². The lowest BCUT2D eigenvalue weighted by Crippen LogP contribution is -2.30. The fourth-order valence-corrected chi connectivity index (χ4v) is 5.00. The van der Waals surface area contributed by atoms with Crippen molar-refractivity contribution in [1.82, 2.24) is 10.3 Å². The summed E-state index contributed by atoms with van der Waals surface area (Å²) in [7, 11) is 0. The molecule has 3 saturated carbocycles. The minimum absolute atomic E-state index is 0.0125. The van der Waals surface area contributed by atoms with Crippen molar-refractivity contribution in [2.45, 2.75) is 32.2 Å². The van der Waals surface area contributed by atoms with Gasteiger partial charge in [0.1, 0.15) is 5.82 Å². The van der Waals surface area contributed by atoms with E-state index in [-0.39, 0.29) is 5.91 Å². The van der Waals surface area contributed by atoms with E-state index in [0.717, 1.165) is 34.7 Å². The summed E-state index contributed by atoms with van der Waals surface area (Å²) in [5.74, 6) is 3.95. The van der Waals surface area contributed by atoms with Gasteiger partial charge in [-0.3, -0.25) is 4.79 Å². The van der Waals surface area contributed by atoms with Gasteiger partial charge in [-0.1, -0.05) is 0 Å². The van der Waals surface area contributed by atoms with Crippen LogP contribution in [-0.2, 0) is 0 Å². The van der Waals surface area contributed by atoms with Crippen molar-refractivity contribution in [3.63, 3.8) is 0 Å². The highest BCUT2D eigenvalue weighted by Crippen LogP contribution is 2.65. The van der Waals surface area contributed by atoms with Crippen molar-refractivity contribution in [2.24, 2.45) is 23.7 Å². The third-order valence-corrected chi connectivity index (χ3v) is 5.91. The standard InChI is InChI=1S/C16H20BrN3O/c1-2-18-15-11(6-10(17)7-19-15)16(21)20-14-12-8-3-4-9(5-8)13(12)14/h6-9,12-14H,2-5H2,1H3,(H,18,19)(H,20,21). The van der Waals surface area contributed by atoms with Gasteiger partial charge in [0.05, 0.1) is 5.56 Å². The zero-order valence-electron chi connectivity index (χ0n) is 12.1. The summed E-state index contributed by atoms with van der Waals surface area (Å²) in [5, 5.41) is 6.42. The molecule has 1 amide bonds. The van der Waals surface area contributed by atoms with Gasteiger partial charge >= 0.3 is 0 Å². The lowest BCUT2D eigenvalue weighted by Gasteiger charge is -2.13. The average Bonchev–Trinajstić information content (AvgIpc) is 2.86. The van der Waals surface area contributed by atoms with Gasteiger partial charge in [-0.15, -0.1) is 0 Å². The lowest BCUT2D eigenvalue weighted by molar-refractivity contribution is 0.0944.